The lowest BCUT2D eigenvalue weighted by molar-refractivity contribution is 0.197. The van der Waals surface area contributed by atoms with Gasteiger partial charge in [0.15, 0.2) is 0 Å². The molecule has 0 spiro atoms. The Bertz CT molecular complexity index is 154. The number of nitrogens with zero attached hydrogens (tertiary/aromatic N) is 1. The number of hydrogen-bond donors (Lipinski definition) is 1. The Kier molecular flexibility index (Phi) is 9.33. The highest BCUT2D eigenvalue weighted by atomic mass is 16.2. The molecule has 90 valence electrons. The molecule has 0 radical (unpaired) electrons. The van der Waals surface area contributed by atoms with Crippen LogP contribution in [0.1, 0.15) is 52.9 Å². The summed E-state index contributed by atoms with van der Waals surface area (Å²) < 4.78 is 0. The number of urea groups is 1. The highest BCUT2D eigenvalue weighted by Crippen LogP contribution is 1.96. The lowest BCUT2D eigenvalue weighted by atomic mass is 10.2. The number of rotatable bonds is 8. The summed E-state index contributed by atoms with van der Waals surface area (Å²) in [6.45, 7) is 8.93. The van der Waals surface area contributed by atoms with Crippen molar-refractivity contribution in [2.75, 3.05) is 19.6 Å². The maximum atomic E-state index is 11.7. The zero-order valence-electron chi connectivity index (χ0n) is 10.5. The van der Waals surface area contributed by atoms with Gasteiger partial charge in [-0.2, -0.15) is 0 Å². The van der Waals surface area contributed by atoms with Gasteiger partial charge in [0.05, 0.1) is 0 Å². The van der Waals surface area contributed by atoms with Gasteiger partial charge in [-0.3, -0.25) is 0 Å². The Morgan fingerprint density at radius 1 is 1.00 bits per heavy atom. The number of nitrogens with one attached hydrogen (secondary N) is 1. The Labute approximate surface area is 94.2 Å². The van der Waals surface area contributed by atoms with E-state index in [1.165, 1.54) is 12.8 Å². The number of carbonyl (C=O) groups excluding carboxylic acids is 1. The maximum absolute atomic E-state index is 11.7. The SMILES string of the molecule is CCCCCNC(=O)N(CCC)CCC. The average Bonchev–Trinajstić information content (AvgIpc) is 2.24. The zero-order valence-corrected chi connectivity index (χ0v) is 10.5. The second kappa shape index (κ2) is 9.81. The van der Waals surface area contributed by atoms with Crippen molar-refractivity contribution in [3.8, 4) is 0 Å². The molecule has 0 aromatic rings. The minimum Gasteiger partial charge on any atom is -0.338 e. The van der Waals surface area contributed by atoms with E-state index in [4.69, 9.17) is 0 Å². The second-order valence-electron chi connectivity index (χ2n) is 3.93. The van der Waals surface area contributed by atoms with Crippen molar-refractivity contribution in [1.82, 2.24) is 10.2 Å². The molecule has 1 N–H and O–H groups in total. The van der Waals surface area contributed by atoms with Crippen molar-refractivity contribution in [2.24, 2.45) is 0 Å². The van der Waals surface area contributed by atoms with Crippen LogP contribution in [0, 0.1) is 0 Å². The molecule has 0 rings (SSSR count). The van der Waals surface area contributed by atoms with Crippen LogP contribution in [-0.4, -0.2) is 30.6 Å². The second-order valence-corrected chi connectivity index (χ2v) is 3.93. The third kappa shape index (κ3) is 7.23. The third-order valence-electron chi connectivity index (χ3n) is 2.33. The van der Waals surface area contributed by atoms with Crippen LogP contribution in [0.2, 0.25) is 0 Å². The van der Waals surface area contributed by atoms with E-state index in [1.54, 1.807) is 0 Å². The average molecular weight is 214 g/mol. The largest absolute Gasteiger partial charge is 0.338 e. The molecule has 3 heteroatoms. The molecule has 0 aliphatic rings. The third-order valence-corrected chi connectivity index (χ3v) is 2.33. The molecular formula is C12H26N2O. The van der Waals surface area contributed by atoms with Gasteiger partial charge in [0.2, 0.25) is 0 Å². The van der Waals surface area contributed by atoms with Crippen LogP contribution in [0.5, 0.6) is 0 Å². The van der Waals surface area contributed by atoms with E-state index >= 15 is 0 Å². The smallest absolute Gasteiger partial charge is 0.317 e. The summed E-state index contributed by atoms with van der Waals surface area (Å²) in [5, 5.41) is 2.97. The zero-order chi connectivity index (χ0) is 11.5. The Balaban J connectivity index is 3.70. The first-order valence-corrected chi connectivity index (χ1v) is 6.29. The molecule has 0 aromatic heterocycles. The summed E-state index contributed by atoms with van der Waals surface area (Å²) in [6, 6.07) is 0.106. The van der Waals surface area contributed by atoms with Crippen molar-refractivity contribution < 1.29 is 4.79 Å². The first-order valence-electron chi connectivity index (χ1n) is 6.29. The van der Waals surface area contributed by atoms with Gasteiger partial charge in [0.1, 0.15) is 0 Å². The molecule has 15 heavy (non-hydrogen) atoms. The molecule has 0 atom stereocenters. The molecule has 0 saturated heterocycles. The predicted octanol–water partition coefficient (Wildman–Crippen LogP) is 3.01. The van der Waals surface area contributed by atoms with Crippen LogP contribution in [0.25, 0.3) is 0 Å². The Morgan fingerprint density at radius 2 is 1.60 bits per heavy atom. The van der Waals surface area contributed by atoms with Gasteiger partial charge in [-0.15, -0.1) is 0 Å². The molecule has 0 heterocycles. The standard InChI is InChI=1S/C12H26N2O/c1-4-7-8-9-13-12(15)14(10-5-2)11-6-3/h4-11H2,1-3H3,(H,13,15). The van der Waals surface area contributed by atoms with Crippen LogP contribution in [0.4, 0.5) is 4.79 Å². The number of amides is 2. The summed E-state index contributed by atoms with van der Waals surface area (Å²) in [5.74, 6) is 0. The monoisotopic (exact) mass is 214 g/mol. The molecule has 0 bridgehead atoms. The topological polar surface area (TPSA) is 32.3 Å². The number of unbranched alkanes of at least 4 members (excludes halogenated alkanes) is 2. The van der Waals surface area contributed by atoms with Crippen LogP contribution >= 0.6 is 0 Å². The van der Waals surface area contributed by atoms with Crippen LogP contribution < -0.4 is 5.32 Å². The van der Waals surface area contributed by atoms with E-state index in [1.807, 2.05) is 4.90 Å². The number of hydrogen-bond acceptors (Lipinski definition) is 1. The molecule has 0 unspecified atom stereocenters. The molecule has 2 amide bonds. The van der Waals surface area contributed by atoms with Crippen molar-refractivity contribution in [2.45, 2.75) is 52.9 Å². The summed E-state index contributed by atoms with van der Waals surface area (Å²) in [6.07, 6.45) is 5.55. The highest BCUT2D eigenvalue weighted by molar-refractivity contribution is 5.74. The highest BCUT2D eigenvalue weighted by Gasteiger charge is 2.09. The molecule has 0 saturated carbocycles. The molecule has 3 nitrogen and oxygen atoms in total. The van der Waals surface area contributed by atoms with Gasteiger partial charge in [-0.05, 0) is 19.3 Å². The van der Waals surface area contributed by atoms with Crippen LogP contribution in [-0.2, 0) is 0 Å². The van der Waals surface area contributed by atoms with Crippen LogP contribution in [0.15, 0.2) is 0 Å². The predicted molar refractivity (Wildman–Crippen MR) is 65.1 cm³/mol. The Hall–Kier alpha value is -0.730. The van der Waals surface area contributed by atoms with E-state index in [0.717, 1.165) is 38.9 Å². The molecule has 0 aromatic carbocycles. The minimum atomic E-state index is 0.106. The van der Waals surface area contributed by atoms with Gasteiger partial charge in [0, 0.05) is 19.6 Å². The van der Waals surface area contributed by atoms with E-state index in [9.17, 15) is 4.79 Å². The normalized spacial score (nSPS) is 10.1. The fraction of sp³-hybridized carbons (Fsp3) is 0.917. The van der Waals surface area contributed by atoms with E-state index in [2.05, 4.69) is 26.1 Å². The number of carbonyl (C=O) groups is 1. The molecule has 0 aliphatic carbocycles. The fourth-order valence-corrected chi connectivity index (χ4v) is 1.54. The van der Waals surface area contributed by atoms with Gasteiger partial charge < -0.3 is 10.2 Å². The van der Waals surface area contributed by atoms with E-state index in [-0.39, 0.29) is 6.03 Å². The lowest BCUT2D eigenvalue weighted by Crippen LogP contribution is -2.41. The van der Waals surface area contributed by atoms with Crippen molar-refractivity contribution in [3.05, 3.63) is 0 Å². The fourth-order valence-electron chi connectivity index (χ4n) is 1.54. The molecular weight excluding hydrogens is 188 g/mol. The van der Waals surface area contributed by atoms with Gasteiger partial charge >= 0.3 is 6.03 Å². The first-order chi connectivity index (χ1) is 7.26. The van der Waals surface area contributed by atoms with Gasteiger partial charge in [-0.25, -0.2) is 4.79 Å². The van der Waals surface area contributed by atoms with Gasteiger partial charge in [0.25, 0.3) is 0 Å². The summed E-state index contributed by atoms with van der Waals surface area (Å²) in [7, 11) is 0. The summed E-state index contributed by atoms with van der Waals surface area (Å²) in [4.78, 5) is 13.6. The summed E-state index contributed by atoms with van der Waals surface area (Å²) in [5.41, 5.74) is 0. The Morgan fingerprint density at radius 3 is 2.07 bits per heavy atom. The molecule has 0 fully saturated rings. The lowest BCUT2D eigenvalue weighted by Gasteiger charge is -2.21. The maximum Gasteiger partial charge on any atom is 0.317 e. The van der Waals surface area contributed by atoms with E-state index in [0.29, 0.717) is 0 Å². The van der Waals surface area contributed by atoms with Crippen LogP contribution in [0.3, 0.4) is 0 Å². The summed E-state index contributed by atoms with van der Waals surface area (Å²) >= 11 is 0. The quantitative estimate of drug-likeness (QED) is 0.619. The van der Waals surface area contributed by atoms with Crippen molar-refractivity contribution in [1.29, 1.82) is 0 Å². The van der Waals surface area contributed by atoms with Crippen molar-refractivity contribution >= 4 is 6.03 Å². The van der Waals surface area contributed by atoms with Crippen molar-refractivity contribution in [3.63, 3.8) is 0 Å². The minimum absolute atomic E-state index is 0.106. The first kappa shape index (κ1) is 14.3. The van der Waals surface area contributed by atoms with Gasteiger partial charge in [-0.1, -0.05) is 33.6 Å². The molecule has 0 aliphatic heterocycles. The van der Waals surface area contributed by atoms with E-state index < -0.39 is 0 Å².